The number of rotatable bonds is 5. The van der Waals surface area contributed by atoms with Crippen LogP contribution >= 0.6 is 11.3 Å². The summed E-state index contributed by atoms with van der Waals surface area (Å²) < 4.78 is 7.25. The Morgan fingerprint density at radius 3 is 2.55 bits per heavy atom. The van der Waals surface area contributed by atoms with Crippen LogP contribution in [0.25, 0.3) is 10.1 Å². The molecule has 0 spiro atoms. The van der Waals surface area contributed by atoms with Gasteiger partial charge in [0.15, 0.2) is 0 Å². The molecule has 1 N–H and O–H groups in total. The first-order valence-corrected chi connectivity index (χ1v) is 7.52. The van der Waals surface area contributed by atoms with Crippen LogP contribution in [0.15, 0.2) is 54.6 Å². The van der Waals surface area contributed by atoms with Crippen molar-refractivity contribution in [2.24, 2.45) is 0 Å². The molecule has 0 unspecified atom stereocenters. The minimum Gasteiger partial charge on any atom is -0.489 e. The predicted molar refractivity (Wildman–Crippen MR) is 85.4 cm³/mol. The lowest BCUT2D eigenvalue weighted by Gasteiger charge is -2.07. The van der Waals surface area contributed by atoms with Crippen molar-refractivity contribution >= 4 is 21.4 Å². The summed E-state index contributed by atoms with van der Waals surface area (Å²) in [5, 5.41) is 4.54. The number of nitrogens with one attached hydrogen (secondary N) is 1. The van der Waals surface area contributed by atoms with Crippen molar-refractivity contribution in [2.75, 3.05) is 7.05 Å². The van der Waals surface area contributed by atoms with Gasteiger partial charge in [0, 0.05) is 21.7 Å². The van der Waals surface area contributed by atoms with Gasteiger partial charge >= 0.3 is 0 Å². The number of para-hydroxylation sites is 1. The Hall–Kier alpha value is -1.84. The molecule has 3 heteroatoms. The van der Waals surface area contributed by atoms with E-state index in [4.69, 9.17) is 4.74 Å². The predicted octanol–water partition coefficient (Wildman–Crippen LogP) is 4.20. The SMILES string of the molecule is CNCc1sc2ccccc2c1COc1ccccc1. The van der Waals surface area contributed by atoms with Gasteiger partial charge in [0.1, 0.15) is 12.4 Å². The maximum absolute atomic E-state index is 5.92. The van der Waals surface area contributed by atoms with Crippen molar-refractivity contribution in [1.82, 2.24) is 5.32 Å². The molecule has 1 aromatic heterocycles. The summed E-state index contributed by atoms with van der Waals surface area (Å²) >= 11 is 1.84. The van der Waals surface area contributed by atoms with Crippen LogP contribution in [0.2, 0.25) is 0 Å². The third kappa shape index (κ3) is 2.69. The summed E-state index contributed by atoms with van der Waals surface area (Å²) in [5.41, 5.74) is 1.30. The molecule has 102 valence electrons. The lowest BCUT2D eigenvalue weighted by Crippen LogP contribution is -2.06. The molecule has 2 aromatic carbocycles. The fourth-order valence-electron chi connectivity index (χ4n) is 2.28. The van der Waals surface area contributed by atoms with Crippen molar-refractivity contribution in [3.8, 4) is 5.75 Å². The highest BCUT2D eigenvalue weighted by atomic mass is 32.1. The van der Waals surface area contributed by atoms with Crippen molar-refractivity contribution in [1.29, 1.82) is 0 Å². The molecule has 0 bridgehead atoms. The maximum atomic E-state index is 5.92. The van der Waals surface area contributed by atoms with E-state index in [0.29, 0.717) is 6.61 Å². The Morgan fingerprint density at radius 2 is 1.75 bits per heavy atom. The number of hydrogen-bond acceptors (Lipinski definition) is 3. The molecule has 0 atom stereocenters. The molecule has 0 aliphatic rings. The van der Waals surface area contributed by atoms with E-state index < -0.39 is 0 Å². The zero-order valence-electron chi connectivity index (χ0n) is 11.4. The van der Waals surface area contributed by atoms with Crippen LogP contribution in [0.4, 0.5) is 0 Å². The number of thiophene rings is 1. The van der Waals surface area contributed by atoms with E-state index >= 15 is 0 Å². The second kappa shape index (κ2) is 6.07. The van der Waals surface area contributed by atoms with Crippen LogP contribution < -0.4 is 10.1 Å². The Balaban J connectivity index is 1.90. The zero-order chi connectivity index (χ0) is 13.8. The number of ether oxygens (including phenoxy) is 1. The Kier molecular flexibility index (Phi) is 4.00. The Bertz CT molecular complexity index is 691. The molecular weight excluding hydrogens is 266 g/mol. The first-order chi connectivity index (χ1) is 9.88. The first kappa shape index (κ1) is 13.2. The molecule has 0 amide bonds. The lowest BCUT2D eigenvalue weighted by atomic mass is 10.1. The van der Waals surface area contributed by atoms with Gasteiger partial charge in [-0.3, -0.25) is 0 Å². The standard InChI is InChI=1S/C17H17NOS/c1-18-11-17-15(12-19-13-7-3-2-4-8-13)14-9-5-6-10-16(14)20-17/h2-10,18H,11-12H2,1H3. The highest BCUT2D eigenvalue weighted by molar-refractivity contribution is 7.19. The smallest absolute Gasteiger partial charge is 0.119 e. The molecule has 0 fully saturated rings. The molecule has 3 rings (SSSR count). The molecule has 20 heavy (non-hydrogen) atoms. The summed E-state index contributed by atoms with van der Waals surface area (Å²) in [6.45, 7) is 1.50. The molecular formula is C17H17NOS. The van der Waals surface area contributed by atoms with E-state index in [0.717, 1.165) is 12.3 Å². The van der Waals surface area contributed by atoms with Crippen LogP contribution in [0.3, 0.4) is 0 Å². The Morgan fingerprint density at radius 1 is 1.00 bits per heavy atom. The van der Waals surface area contributed by atoms with Crippen molar-refractivity contribution in [2.45, 2.75) is 13.2 Å². The van der Waals surface area contributed by atoms with Crippen molar-refractivity contribution in [3.05, 3.63) is 65.0 Å². The van der Waals surface area contributed by atoms with E-state index in [1.807, 2.05) is 48.7 Å². The van der Waals surface area contributed by atoms with Crippen LogP contribution in [0, 0.1) is 0 Å². The summed E-state index contributed by atoms with van der Waals surface area (Å²) in [6, 6.07) is 18.5. The molecule has 0 aliphatic heterocycles. The maximum Gasteiger partial charge on any atom is 0.119 e. The van der Waals surface area contributed by atoms with E-state index in [1.165, 1.54) is 20.5 Å². The molecule has 0 saturated heterocycles. The monoisotopic (exact) mass is 283 g/mol. The van der Waals surface area contributed by atoms with Crippen LogP contribution in [0.1, 0.15) is 10.4 Å². The number of fused-ring (bicyclic) bond motifs is 1. The minimum absolute atomic E-state index is 0.616. The van der Waals surface area contributed by atoms with Crippen LogP contribution in [-0.4, -0.2) is 7.05 Å². The lowest BCUT2D eigenvalue weighted by molar-refractivity contribution is 0.307. The number of benzene rings is 2. The molecule has 2 nitrogen and oxygen atoms in total. The normalized spacial score (nSPS) is 10.8. The quantitative estimate of drug-likeness (QED) is 0.757. The summed E-state index contributed by atoms with van der Waals surface area (Å²) in [4.78, 5) is 1.35. The molecule has 1 heterocycles. The molecule has 3 aromatic rings. The van der Waals surface area contributed by atoms with Crippen molar-refractivity contribution in [3.63, 3.8) is 0 Å². The van der Waals surface area contributed by atoms with Gasteiger partial charge in [0.25, 0.3) is 0 Å². The van der Waals surface area contributed by atoms with Gasteiger partial charge in [-0.1, -0.05) is 36.4 Å². The van der Waals surface area contributed by atoms with E-state index in [-0.39, 0.29) is 0 Å². The third-order valence-corrected chi connectivity index (χ3v) is 4.46. The molecule has 0 aliphatic carbocycles. The van der Waals surface area contributed by atoms with Crippen molar-refractivity contribution < 1.29 is 4.74 Å². The topological polar surface area (TPSA) is 21.3 Å². The van der Waals surface area contributed by atoms with Gasteiger partial charge in [-0.2, -0.15) is 0 Å². The van der Waals surface area contributed by atoms with Gasteiger partial charge in [-0.05, 0) is 30.6 Å². The highest BCUT2D eigenvalue weighted by Crippen LogP contribution is 2.32. The Labute approximate surface area is 123 Å². The summed E-state index contributed by atoms with van der Waals surface area (Å²) in [7, 11) is 1.98. The van der Waals surface area contributed by atoms with Gasteiger partial charge in [-0.25, -0.2) is 0 Å². The third-order valence-electron chi connectivity index (χ3n) is 3.25. The number of hydrogen-bond donors (Lipinski definition) is 1. The van der Waals surface area contributed by atoms with Gasteiger partial charge in [0.2, 0.25) is 0 Å². The average molecular weight is 283 g/mol. The summed E-state index contributed by atoms with van der Waals surface area (Å²) in [6.07, 6.45) is 0. The molecule has 0 radical (unpaired) electrons. The molecule has 0 saturated carbocycles. The van der Waals surface area contributed by atoms with Crippen LogP contribution in [-0.2, 0) is 13.2 Å². The second-order valence-electron chi connectivity index (χ2n) is 4.63. The van der Waals surface area contributed by atoms with Gasteiger partial charge in [-0.15, -0.1) is 11.3 Å². The van der Waals surface area contributed by atoms with Gasteiger partial charge < -0.3 is 10.1 Å². The second-order valence-corrected chi connectivity index (χ2v) is 5.77. The van der Waals surface area contributed by atoms with E-state index in [1.54, 1.807) is 0 Å². The fourth-order valence-corrected chi connectivity index (χ4v) is 3.51. The average Bonchev–Trinajstić information content (AvgIpc) is 2.84. The highest BCUT2D eigenvalue weighted by Gasteiger charge is 2.11. The minimum atomic E-state index is 0.616. The summed E-state index contributed by atoms with van der Waals surface area (Å²) in [5.74, 6) is 0.915. The van der Waals surface area contributed by atoms with E-state index in [2.05, 4.69) is 29.6 Å². The van der Waals surface area contributed by atoms with Gasteiger partial charge in [0.05, 0.1) is 0 Å². The fraction of sp³-hybridized carbons (Fsp3) is 0.176. The first-order valence-electron chi connectivity index (χ1n) is 6.70. The largest absolute Gasteiger partial charge is 0.489 e. The van der Waals surface area contributed by atoms with Crippen LogP contribution in [0.5, 0.6) is 5.75 Å². The zero-order valence-corrected chi connectivity index (χ0v) is 12.2. The van der Waals surface area contributed by atoms with E-state index in [9.17, 15) is 0 Å².